The monoisotopic (exact) mass is 459 g/mol. The second-order valence-corrected chi connectivity index (χ2v) is 8.30. The molecule has 0 bridgehead atoms. The zero-order chi connectivity index (χ0) is 24.6. The third kappa shape index (κ3) is 5.90. The number of allylic oxidation sites excluding steroid dienone is 3. The molecule has 34 heavy (non-hydrogen) atoms. The lowest BCUT2D eigenvalue weighted by molar-refractivity contribution is -0.733. The van der Waals surface area contributed by atoms with Crippen molar-refractivity contribution in [3.63, 3.8) is 0 Å². The van der Waals surface area contributed by atoms with Gasteiger partial charge in [0, 0.05) is 23.2 Å². The van der Waals surface area contributed by atoms with Gasteiger partial charge in [0.2, 0.25) is 11.8 Å². The molecule has 6 nitrogen and oxygen atoms in total. The van der Waals surface area contributed by atoms with E-state index in [-0.39, 0.29) is 6.61 Å². The molecule has 2 N–H and O–H groups in total. The molecule has 0 spiro atoms. The average Bonchev–Trinajstić information content (AvgIpc) is 2.83. The first-order valence-electron chi connectivity index (χ1n) is 11.3. The molecule has 0 aliphatic carbocycles. The van der Waals surface area contributed by atoms with Crippen LogP contribution in [0.2, 0.25) is 0 Å². The number of hydrogen-bond donors (Lipinski definition) is 2. The number of nitrogens with zero attached hydrogens (tertiary/aromatic N) is 1. The summed E-state index contributed by atoms with van der Waals surface area (Å²) in [6, 6.07) is 16.0. The molecule has 2 aromatic carbocycles. The Kier molecular flexibility index (Phi) is 8.19. The maximum Gasteiger partial charge on any atom is 0.354 e. The molecule has 0 fully saturated rings. The molecule has 3 aromatic rings. The highest BCUT2D eigenvalue weighted by molar-refractivity contribution is 5.94. The van der Waals surface area contributed by atoms with Crippen LogP contribution in [-0.4, -0.2) is 34.6 Å². The SMILES string of the molecule is CCOC(=O)C(C)(/C=C/C=C\C=[NH+]\O)Oc1cccc(-c2cc(C(C)C)cc3cccnc23)c1. The van der Waals surface area contributed by atoms with Gasteiger partial charge >= 0.3 is 5.97 Å². The fourth-order valence-corrected chi connectivity index (χ4v) is 3.56. The molecule has 0 amide bonds. The quantitative estimate of drug-likeness (QED) is 0.163. The third-order valence-corrected chi connectivity index (χ3v) is 5.36. The largest absolute Gasteiger partial charge is 0.472 e. The zero-order valence-electron chi connectivity index (χ0n) is 20.0. The molecule has 1 heterocycles. The molecule has 1 aromatic heterocycles. The van der Waals surface area contributed by atoms with E-state index in [1.54, 1.807) is 44.3 Å². The van der Waals surface area contributed by atoms with Crippen LogP contribution in [0.5, 0.6) is 5.75 Å². The van der Waals surface area contributed by atoms with Crippen molar-refractivity contribution in [1.82, 2.24) is 4.98 Å². The predicted octanol–water partition coefficient (Wildman–Crippen LogP) is 4.38. The Hall–Kier alpha value is -3.93. The molecule has 176 valence electrons. The maximum atomic E-state index is 12.7. The van der Waals surface area contributed by atoms with Gasteiger partial charge in [-0.1, -0.05) is 44.2 Å². The number of benzene rings is 2. The summed E-state index contributed by atoms with van der Waals surface area (Å²) in [7, 11) is 0. The standard InChI is InChI=1S/C28H30N2O4/c1-5-33-27(31)28(4,14-7-6-8-16-30-32)34-24-13-9-11-21(18-24)25-19-23(20(2)3)17-22-12-10-15-29-26(22)25/h6-20,32H,5H2,1-4H3/p+1/b8-6-,14-7+,30-16+. The van der Waals surface area contributed by atoms with Crippen LogP contribution in [0, 0.1) is 0 Å². The van der Waals surface area contributed by atoms with Gasteiger partial charge in [-0.2, -0.15) is 0 Å². The Balaban J connectivity index is 2.02. The number of carbonyl (C=O) groups excluding carboxylic acids is 1. The zero-order valence-corrected chi connectivity index (χ0v) is 20.0. The molecule has 1 unspecified atom stereocenters. The molecular weight excluding hydrogens is 428 g/mol. The summed E-state index contributed by atoms with van der Waals surface area (Å²) in [4.78, 5) is 17.4. The van der Waals surface area contributed by atoms with E-state index in [4.69, 9.17) is 14.7 Å². The molecule has 0 saturated carbocycles. The highest BCUT2D eigenvalue weighted by Crippen LogP contribution is 2.34. The van der Waals surface area contributed by atoms with E-state index in [0.717, 1.165) is 22.0 Å². The average molecular weight is 460 g/mol. The van der Waals surface area contributed by atoms with Gasteiger partial charge in [-0.15, -0.1) is 0 Å². The van der Waals surface area contributed by atoms with Crippen LogP contribution in [0.25, 0.3) is 22.0 Å². The molecule has 1 atom stereocenters. The minimum absolute atomic E-state index is 0.239. The Bertz CT molecular complexity index is 1230. The van der Waals surface area contributed by atoms with Gasteiger partial charge in [-0.3, -0.25) is 10.2 Å². The second-order valence-electron chi connectivity index (χ2n) is 8.30. The first-order valence-corrected chi connectivity index (χ1v) is 11.3. The van der Waals surface area contributed by atoms with Gasteiger partial charge in [0.05, 0.1) is 12.1 Å². The Morgan fingerprint density at radius 2 is 1.97 bits per heavy atom. The summed E-state index contributed by atoms with van der Waals surface area (Å²) in [5.74, 6) is 0.402. The number of nitrogens with one attached hydrogen (secondary N) is 1. The van der Waals surface area contributed by atoms with Crippen LogP contribution in [-0.2, 0) is 9.53 Å². The number of pyridine rings is 1. The number of hydrogen-bond acceptors (Lipinski definition) is 5. The number of carbonyl (C=O) groups is 1. The van der Waals surface area contributed by atoms with Crippen molar-refractivity contribution in [1.29, 1.82) is 0 Å². The molecule has 0 radical (unpaired) electrons. The van der Waals surface area contributed by atoms with Gasteiger partial charge in [0.1, 0.15) is 5.75 Å². The van der Waals surface area contributed by atoms with E-state index in [1.165, 1.54) is 11.8 Å². The van der Waals surface area contributed by atoms with Crippen LogP contribution < -0.4 is 9.89 Å². The fraction of sp³-hybridized carbons (Fsp3) is 0.250. The van der Waals surface area contributed by atoms with Crippen molar-refractivity contribution in [2.45, 2.75) is 39.2 Å². The van der Waals surface area contributed by atoms with Crippen LogP contribution in [0.3, 0.4) is 0 Å². The third-order valence-electron chi connectivity index (χ3n) is 5.36. The summed E-state index contributed by atoms with van der Waals surface area (Å²) < 4.78 is 11.4. The lowest BCUT2D eigenvalue weighted by atomic mass is 9.94. The normalized spacial score (nSPS) is 13.8. The number of rotatable bonds is 9. The van der Waals surface area contributed by atoms with Crippen molar-refractivity contribution in [3.8, 4) is 16.9 Å². The van der Waals surface area contributed by atoms with Gasteiger partial charge < -0.3 is 9.47 Å². The van der Waals surface area contributed by atoms with Crippen molar-refractivity contribution in [2.24, 2.45) is 0 Å². The number of aromatic nitrogens is 1. The first-order chi connectivity index (χ1) is 16.4. The smallest absolute Gasteiger partial charge is 0.354 e. The maximum absolute atomic E-state index is 12.7. The summed E-state index contributed by atoms with van der Waals surface area (Å²) in [5.41, 5.74) is 2.75. The van der Waals surface area contributed by atoms with E-state index >= 15 is 0 Å². The summed E-state index contributed by atoms with van der Waals surface area (Å²) in [5, 5.41) is 11.6. The van der Waals surface area contributed by atoms with E-state index in [1.807, 2.05) is 35.5 Å². The lowest BCUT2D eigenvalue weighted by Crippen LogP contribution is -2.63. The molecule has 0 saturated heterocycles. The predicted molar refractivity (Wildman–Crippen MR) is 134 cm³/mol. The minimum atomic E-state index is -1.34. The van der Waals surface area contributed by atoms with Crippen LogP contribution >= 0.6 is 0 Å². The van der Waals surface area contributed by atoms with Gasteiger partial charge in [0.15, 0.2) is 0 Å². The van der Waals surface area contributed by atoms with Gasteiger partial charge in [-0.25, -0.2) is 4.79 Å². The summed E-state index contributed by atoms with van der Waals surface area (Å²) in [6.45, 7) is 7.99. The molecular formula is C28H31N2O4+. The van der Waals surface area contributed by atoms with Crippen molar-refractivity contribution < 1.29 is 24.6 Å². The molecule has 0 aliphatic rings. The topological polar surface area (TPSA) is 82.6 Å². The fourth-order valence-electron chi connectivity index (χ4n) is 3.56. The van der Waals surface area contributed by atoms with Crippen molar-refractivity contribution >= 4 is 23.1 Å². The van der Waals surface area contributed by atoms with E-state index in [9.17, 15) is 4.79 Å². The number of fused-ring (bicyclic) bond motifs is 1. The first kappa shape index (κ1) is 24.7. The van der Waals surface area contributed by atoms with E-state index < -0.39 is 11.6 Å². The summed E-state index contributed by atoms with van der Waals surface area (Å²) in [6.07, 6.45) is 9.67. The number of ether oxygens (including phenoxy) is 2. The van der Waals surface area contributed by atoms with Crippen molar-refractivity contribution in [3.05, 3.63) is 84.6 Å². The second kappa shape index (κ2) is 11.3. The lowest BCUT2D eigenvalue weighted by Gasteiger charge is -2.25. The van der Waals surface area contributed by atoms with Crippen LogP contribution in [0.15, 0.2) is 79.0 Å². The molecule has 3 rings (SSSR count). The molecule has 6 heteroatoms. The van der Waals surface area contributed by atoms with E-state index in [0.29, 0.717) is 11.7 Å². The van der Waals surface area contributed by atoms with Crippen LogP contribution in [0.4, 0.5) is 0 Å². The highest BCUT2D eigenvalue weighted by atomic mass is 16.6. The number of esters is 1. The van der Waals surface area contributed by atoms with Crippen molar-refractivity contribution in [2.75, 3.05) is 6.61 Å². The van der Waals surface area contributed by atoms with Gasteiger partial charge in [-0.05, 0) is 72.5 Å². The highest BCUT2D eigenvalue weighted by Gasteiger charge is 2.34. The minimum Gasteiger partial charge on any atom is -0.472 e. The Morgan fingerprint density at radius 1 is 1.15 bits per heavy atom. The van der Waals surface area contributed by atoms with Gasteiger partial charge in [0.25, 0.3) is 0 Å². The Morgan fingerprint density at radius 3 is 2.71 bits per heavy atom. The summed E-state index contributed by atoms with van der Waals surface area (Å²) >= 11 is 0. The Labute approximate surface area is 200 Å². The molecule has 0 aliphatic heterocycles. The van der Waals surface area contributed by atoms with E-state index in [2.05, 4.69) is 37.0 Å². The van der Waals surface area contributed by atoms with Crippen LogP contribution in [0.1, 0.15) is 39.2 Å².